The number of nitro benzene ring substituents is 1. The van der Waals surface area contributed by atoms with Crippen molar-refractivity contribution < 1.29 is 14.5 Å². The fourth-order valence-corrected chi connectivity index (χ4v) is 3.48. The molecular formula is C19H14Cl2N2O4S. The Hall–Kier alpha value is -2.61. The molecule has 0 aliphatic heterocycles. The van der Waals surface area contributed by atoms with Crippen LogP contribution < -0.4 is 10.1 Å². The Kier molecular flexibility index (Phi) is 6.18. The summed E-state index contributed by atoms with van der Waals surface area (Å²) in [6, 6.07) is 11.0. The first-order valence-corrected chi connectivity index (χ1v) is 9.68. The highest BCUT2D eigenvalue weighted by Gasteiger charge is 2.14. The molecule has 0 aliphatic rings. The SMILES string of the molecule is Cc1cc(OCc2csc(C(=O)Nc3ccc([N+](=O)[O-])cc3Cl)c2)ccc1Cl. The number of hydrogen-bond acceptors (Lipinski definition) is 5. The lowest BCUT2D eigenvalue weighted by Gasteiger charge is -2.07. The number of amides is 1. The fourth-order valence-electron chi connectivity index (χ4n) is 2.35. The Bertz CT molecular complexity index is 1050. The van der Waals surface area contributed by atoms with Crippen LogP contribution in [0.25, 0.3) is 0 Å². The number of thiophene rings is 1. The van der Waals surface area contributed by atoms with Crippen molar-refractivity contribution in [2.24, 2.45) is 0 Å². The van der Waals surface area contributed by atoms with Crippen molar-refractivity contribution in [3.8, 4) is 5.75 Å². The molecule has 0 radical (unpaired) electrons. The maximum atomic E-state index is 12.4. The van der Waals surface area contributed by atoms with Crippen LogP contribution >= 0.6 is 34.5 Å². The molecular weight excluding hydrogens is 423 g/mol. The molecule has 0 saturated heterocycles. The van der Waals surface area contributed by atoms with E-state index in [-0.39, 0.29) is 16.6 Å². The van der Waals surface area contributed by atoms with E-state index in [9.17, 15) is 14.9 Å². The maximum absolute atomic E-state index is 12.4. The van der Waals surface area contributed by atoms with Gasteiger partial charge in [0.1, 0.15) is 12.4 Å². The lowest BCUT2D eigenvalue weighted by molar-refractivity contribution is -0.384. The number of halogens is 2. The Morgan fingerprint density at radius 1 is 1.18 bits per heavy atom. The summed E-state index contributed by atoms with van der Waals surface area (Å²) in [5, 5.41) is 16.0. The highest BCUT2D eigenvalue weighted by molar-refractivity contribution is 7.12. The molecule has 0 unspecified atom stereocenters. The van der Waals surface area contributed by atoms with E-state index in [0.717, 1.165) is 11.1 Å². The third kappa shape index (κ3) is 4.81. The third-order valence-electron chi connectivity index (χ3n) is 3.82. The molecule has 1 N–H and O–H groups in total. The highest BCUT2D eigenvalue weighted by atomic mass is 35.5. The summed E-state index contributed by atoms with van der Waals surface area (Å²) in [6.45, 7) is 2.20. The largest absolute Gasteiger partial charge is 0.489 e. The van der Waals surface area contributed by atoms with Gasteiger partial charge < -0.3 is 10.1 Å². The summed E-state index contributed by atoms with van der Waals surface area (Å²) in [7, 11) is 0. The zero-order valence-electron chi connectivity index (χ0n) is 14.6. The molecule has 1 amide bonds. The molecule has 28 heavy (non-hydrogen) atoms. The van der Waals surface area contributed by atoms with Crippen LogP contribution in [0, 0.1) is 17.0 Å². The number of non-ortho nitro benzene ring substituents is 1. The quantitative estimate of drug-likeness (QED) is 0.373. The number of nitro groups is 1. The van der Waals surface area contributed by atoms with Crippen LogP contribution in [0.5, 0.6) is 5.75 Å². The molecule has 1 aromatic heterocycles. The Morgan fingerprint density at radius 2 is 1.96 bits per heavy atom. The van der Waals surface area contributed by atoms with Gasteiger partial charge in [0, 0.05) is 22.7 Å². The topological polar surface area (TPSA) is 81.5 Å². The van der Waals surface area contributed by atoms with Gasteiger partial charge >= 0.3 is 0 Å². The number of rotatable bonds is 6. The third-order valence-corrected chi connectivity index (χ3v) is 5.54. The van der Waals surface area contributed by atoms with Crippen LogP contribution in [0.4, 0.5) is 11.4 Å². The number of anilines is 1. The molecule has 3 rings (SSSR count). The van der Waals surface area contributed by atoms with Crippen molar-refractivity contribution in [3.63, 3.8) is 0 Å². The van der Waals surface area contributed by atoms with Gasteiger partial charge in [-0.3, -0.25) is 14.9 Å². The van der Waals surface area contributed by atoms with Crippen LogP contribution in [0.1, 0.15) is 20.8 Å². The van der Waals surface area contributed by atoms with E-state index in [2.05, 4.69) is 5.32 Å². The molecule has 0 spiro atoms. The first kappa shape index (κ1) is 20.1. The average Bonchev–Trinajstić information content (AvgIpc) is 3.13. The number of ether oxygens (including phenoxy) is 1. The van der Waals surface area contributed by atoms with E-state index in [1.54, 1.807) is 18.2 Å². The Balaban J connectivity index is 1.63. The molecule has 3 aromatic rings. The normalized spacial score (nSPS) is 10.5. The van der Waals surface area contributed by atoms with Gasteiger partial charge in [-0.15, -0.1) is 11.3 Å². The van der Waals surface area contributed by atoms with Crippen molar-refractivity contribution in [1.82, 2.24) is 0 Å². The van der Waals surface area contributed by atoms with Crippen LogP contribution in [0.15, 0.2) is 47.8 Å². The second-order valence-electron chi connectivity index (χ2n) is 5.89. The van der Waals surface area contributed by atoms with Gasteiger partial charge in [0.05, 0.1) is 20.5 Å². The van der Waals surface area contributed by atoms with Gasteiger partial charge in [0.25, 0.3) is 11.6 Å². The van der Waals surface area contributed by atoms with E-state index >= 15 is 0 Å². The van der Waals surface area contributed by atoms with E-state index in [1.807, 2.05) is 18.4 Å². The first-order chi connectivity index (χ1) is 13.3. The summed E-state index contributed by atoms with van der Waals surface area (Å²) in [4.78, 5) is 23.1. The van der Waals surface area contributed by atoms with Crippen molar-refractivity contribution in [3.05, 3.63) is 84.0 Å². The van der Waals surface area contributed by atoms with Gasteiger partial charge in [-0.05, 0) is 48.2 Å². The zero-order chi connectivity index (χ0) is 20.3. The van der Waals surface area contributed by atoms with E-state index in [0.29, 0.717) is 27.9 Å². The molecule has 0 atom stereocenters. The summed E-state index contributed by atoms with van der Waals surface area (Å²) in [5.74, 6) is 0.339. The van der Waals surface area contributed by atoms with Gasteiger partial charge in [-0.2, -0.15) is 0 Å². The number of aryl methyl sites for hydroxylation is 1. The lowest BCUT2D eigenvalue weighted by Crippen LogP contribution is -2.10. The Morgan fingerprint density at radius 3 is 2.64 bits per heavy atom. The predicted molar refractivity (Wildman–Crippen MR) is 111 cm³/mol. The van der Waals surface area contributed by atoms with Crippen molar-refractivity contribution in [2.75, 3.05) is 5.32 Å². The summed E-state index contributed by atoms with van der Waals surface area (Å²) < 4.78 is 5.73. The Labute approximate surface area is 174 Å². The van der Waals surface area contributed by atoms with Crippen LogP contribution in [0.2, 0.25) is 10.0 Å². The van der Waals surface area contributed by atoms with Gasteiger partial charge in [0.15, 0.2) is 0 Å². The molecule has 9 heteroatoms. The second kappa shape index (κ2) is 8.60. The van der Waals surface area contributed by atoms with Gasteiger partial charge in [-0.25, -0.2) is 0 Å². The van der Waals surface area contributed by atoms with Gasteiger partial charge in [0.2, 0.25) is 0 Å². The monoisotopic (exact) mass is 436 g/mol. The van der Waals surface area contributed by atoms with E-state index in [1.165, 1.54) is 29.5 Å². The number of carbonyl (C=O) groups is 1. The molecule has 0 bridgehead atoms. The molecule has 6 nitrogen and oxygen atoms in total. The predicted octanol–water partition coefficient (Wildman–Crippen LogP) is 6.10. The molecule has 144 valence electrons. The number of hydrogen-bond donors (Lipinski definition) is 1. The maximum Gasteiger partial charge on any atom is 0.271 e. The minimum Gasteiger partial charge on any atom is -0.489 e. The molecule has 0 saturated carbocycles. The lowest BCUT2D eigenvalue weighted by atomic mass is 10.2. The fraction of sp³-hybridized carbons (Fsp3) is 0.105. The smallest absolute Gasteiger partial charge is 0.271 e. The molecule has 0 aliphatic carbocycles. The number of carbonyl (C=O) groups excluding carboxylic acids is 1. The van der Waals surface area contributed by atoms with E-state index < -0.39 is 4.92 Å². The summed E-state index contributed by atoms with van der Waals surface area (Å²) in [6.07, 6.45) is 0. The number of benzene rings is 2. The standard InChI is InChI=1S/C19H14Cl2N2O4S/c1-11-6-14(3-4-15(11)20)27-9-12-7-18(28-10-12)19(24)22-17-5-2-13(23(25)26)8-16(17)21/h2-8,10H,9H2,1H3,(H,22,24). The van der Waals surface area contributed by atoms with Gasteiger partial charge in [-0.1, -0.05) is 23.2 Å². The average molecular weight is 437 g/mol. The summed E-state index contributed by atoms with van der Waals surface area (Å²) >= 11 is 13.3. The second-order valence-corrected chi connectivity index (χ2v) is 7.62. The van der Waals surface area contributed by atoms with Crippen LogP contribution in [0.3, 0.4) is 0 Å². The van der Waals surface area contributed by atoms with Crippen LogP contribution in [-0.4, -0.2) is 10.8 Å². The first-order valence-electron chi connectivity index (χ1n) is 8.05. The summed E-state index contributed by atoms with van der Waals surface area (Å²) in [5.41, 5.74) is 1.93. The molecule has 0 fully saturated rings. The van der Waals surface area contributed by atoms with Crippen molar-refractivity contribution >= 4 is 51.8 Å². The zero-order valence-corrected chi connectivity index (χ0v) is 16.9. The van der Waals surface area contributed by atoms with E-state index in [4.69, 9.17) is 27.9 Å². The minimum atomic E-state index is -0.550. The number of nitrogens with one attached hydrogen (secondary N) is 1. The van der Waals surface area contributed by atoms with Crippen LogP contribution in [-0.2, 0) is 6.61 Å². The minimum absolute atomic E-state index is 0.0979. The van der Waals surface area contributed by atoms with Crippen molar-refractivity contribution in [1.29, 1.82) is 0 Å². The number of nitrogens with zero attached hydrogens (tertiary/aromatic N) is 1. The highest BCUT2D eigenvalue weighted by Crippen LogP contribution is 2.28. The molecule has 1 heterocycles. The molecule has 2 aromatic carbocycles. The van der Waals surface area contributed by atoms with Crippen molar-refractivity contribution in [2.45, 2.75) is 13.5 Å².